The van der Waals surface area contributed by atoms with E-state index in [1.54, 1.807) is 7.05 Å². The molecule has 0 bridgehead atoms. The van der Waals surface area contributed by atoms with Gasteiger partial charge in [-0.05, 0) is 33.2 Å². The molecule has 0 heterocycles. The first-order valence-corrected chi connectivity index (χ1v) is 4.76. The van der Waals surface area contributed by atoms with Gasteiger partial charge in [0.1, 0.15) is 5.54 Å². The van der Waals surface area contributed by atoms with Crippen molar-refractivity contribution in [1.82, 2.24) is 5.32 Å². The van der Waals surface area contributed by atoms with Crippen molar-refractivity contribution in [2.75, 3.05) is 13.7 Å². The van der Waals surface area contributed by atoms with E-state index in [2.05, 4.69) is 19.2 Å². The zero-order chi connectivity index (χ0) is 10.5. The number of hydrogen-bond donors (Lipinski definition) is 1. The number of rotatable bonds is 5. The number of carbonyl (C=O) groups excluding carboxylic acids is 1. The van der Waals surface area contributed by atoms with Crippen molar-refractivity contribution in [3.63, 3.8) is 0 Å². The molecule has 0 saturated heterocycles. The second kappa shape index (κ2) is 5.22. The van der Waals surface area contributed by atoms with Gasteiger partial charge < -0.3 is 10.1 Å². The van der Waals surface area contributed by atoms with Crippen molar-refractivity contribution < 1.29 is 9.53 Å². The predicted octanol–water partition coefficient (Wildman–Crippen LogP) is 1.57. The molecule has 0 saturated carbocycles. The molecule has 0 aromatic carbocycles. The van der Waals surface area contributed by atoms with E-state index in [-0.39, 0.29) is 5.97 Å². The van der Waals surface area contributed by atoms with Gasteiger partial charge >= 0.3 is 5.97 Å². The fraction of sp³-hybridized carbons (Fsp3) is 0.900. The van der Waals surface area contributed by atoms with E-state index in [1.807, 2.05) is 13.8 Å². The zero-order valence-electron chi connectivity index (χ0n) is 9.31. The third-order valence-corrected chi connectivity index (χ3v) is 2.06. The molecule has 13 heavy (non-hydrogen) atoms. The van der Waals surface area contributed by atoms with Gasteiger partial charge in [-0.2, -0.15) is 0 Å². The molecule has 0 aliphatic heterocycles. The van der Waals surface area contributed by atoms with Crippen LogP contribution in [0.2, 0.25) is 0 Å². The van der Waals surface area contributed by atoms with Crippen LogP contribution in [-0.2, 0) is 9.53 Å². The van der Waals surface area contributed by atoms with Gasteiger partial charge in [-0.3, -0.25) is 4.79 Å². The average molecular weight is 187 g/mol. The van der Waals surface area contributed by atoms with Crippen LogP contribution in [0.15, 0.2) is 0 Å². The molecule has 0 aliphatic rings. The molecule has 0 fully saturated rings. The summed E-state index contributed by atoms with van der Waals surface area (Å²) in [6.07, 6.45) is 0.922. The first kappa shape index (κ1) is 12.4. The van der Waals surface area contributed by atoms with Crippen LogP contribution in [0.3, 0.4) is 0 Å². The Kier molecular flexibility index (Phi) is 4.99. The van der Waals surface area contributed by atoms with Crippen molar-refractivity contribution in [2.45, 2.75) is 39.7 Å². The Bertz CT molecular complexity index is 164. The van der Waals surface area contributed by atoms with E-state index in [9.17, 15) is 4.79 Å². The summed E-state index contributed by atoms with van der Waals surface area (Å²) < 4.78 is 5.11. The lowest BCUT2D eigenvalue weighted by Gasteiger charge is -2.21. The summed E-state index contributed by atoms with van der Waals surface area (Å²) in [5.74, 6) is 0.390. The van der Waals surface area contributed by atoms with E-state index < -0.39 is 5.54 Å². The molecule has 0 atom stereocenters. The van der Waals surface area contributed by atoms with E-state index in [4.69, 9.17) is 4.74 Å². The van der Waals surface area contributed by atoms with Crippen LogP contribution in [0, 0.1) is 5.92 Å². The van der Waals surface area contributed by atoms with Gasteiger partial charge in [0.15, 0.2) is 0 Å². The third-order valence-electron chi connectivity index (χ3n) is 2.06. The second-order valence-corrected chi connectivity index (χ2v) is 4.19. The number of nitrogens with one attached hydrogen (secondary N) is 1. The standard InChI is InChI=1S/C10H21NO2/c1-8(2)6-7-13-9(12)10(3,4)11-5/h8,11H,6-7H2,1-5H3. The molecular formula is C10H21NO2. The molecule has 0 aromatic heterocycles. The van der Waals surface area contributed by atoms with Crippen molar-refractivity contribution in [1.29, 1.82) is 0 Å². The summed E-state index contributed by atoms with van der Waals surface area (Å²) in [7, 11) is 1.75. The van der Waals surface area contributed by atoms with Crippen LogP contribution in [0.5, 0.6) is 0 Å². The summed E-state index contributed by atoms with van der Waals surface area (Å²) in [5, 5.41) is 2.90. The molecule has 0 aliphatic carbocycles. The fourth-order valence-electron chi connectivity index (χ4n) is 0.670. The molecule has 0 amide bonds. The van der Waals surface area contributed by atoms with E-state index >= 15 is 0 Å². The SMILES string of the molecule is CNC(C)(C)C(=O)OCCC(C)C. The molecular weight excluding hydrogens is 166 g/mol. The topological polar surface area (TPSA) is 38.3 Å². The van der Waals surface area contributed by atoms with Gasteiger partial charge in [-0.15, -0.1) is 0 Å². The first-order valence-electron chi connectivity index (χ1n) is 4.76. The predicted molar refractivity (Wildman–Crippen MR) is 53.6 cm³/mol. The number of esters is 1. The summed E-state index contributed by atoms with van der Waals surface area (Å²) in [6.45, 7) is 8.35. The second-order valence-electron chi connectivity index (χ2n) is 4.19. The molecule has 78 valence electrons. The monoisotopic (exact) mass is 187 g/mol. The van der Waals surface area contributed by atoms with Crippen LogP contribution in [0.1, 0.15) is 34.1 Å². The van der Waals surface area contributed by atoms with E-state index in [0.29, 0.717) is 12.5 Å². The number of carbonyl (C=O) groups is 1. The largest absolute Gasteiger partial charge is 0.464 e. The Morgan fingerprint density at radius 3 is 2.38 bits per heavy atom. The molecule has 0 spiro atoms. The van der Waals surface area contributed by atoms with Gasteiger partial charge in [0.05, 0.1) is 6.61 Å². The summed E-state index contributed by atoms with van der Waals surface area (Å²) in [6, 6.07) is 0. The van der Waals surface area contributed by atoms with Gasteiger partial charge in [0.2, 0.25) is 0 Å². The highest BCUT2D eigenvalue weighted by Crippen LogP contribution is 2.06. The first-order chi connectivity index (χ1) is 5.90. The smallest absolute Gasteiger partial charge is 0.325 e. The molecule has 3 heteroatoms. The quantitative estimate of drug-likeness (QED) is 0.664. The van der Waals surface area contributed by atoms with Crippen molar-refractivity contribution in [3.05, 3.63) is 0 Å². The highest BCUT2D eigenvalue weighted by Gasteiger charge is 2.26. The van der Waals surface area contributed by atoms with Gasteiger partial charge in [-0.1, -0.05) is 13.8 Å². The van der Waals surface area contributed by atoms with Crippen molar-refractivity contribution in [3.8, 4) is 0 Å². The van der Waals surface area contributed by atoms with Crippen molar-refractivity contribution in [2.24, 2.45) is 5.92 Å². The lowest BCUT2D eigenvalue weighted by molar-refractivity contribution is -0.150. The van der Waals surface area contributed by atoms with Crippen molar-refractivity contribution >= 4 is 5.97 Å². The fourth-order valence-corrected chi connectivity index (χ4v) is 0.670. The maximum atomic E-state index is 11.4. The average Bonchev–Trinajstić information content (AvgIpc) is 2.03. The highest BCUT2D eigenvalue weighted by atomic mass is 16.5. The van der Waals surface area contributed by atoms with Crippen LogP contribution in [0.25, 0.3) is 0 Å². The van der Waals surface area contributed by atoms with Crippen LogP contribution >= 0.6 is 0 Å². The Balaban J connectivity index is 3.75. The highest BCUT2D eigenvalue weighted by molar-refractivity contribution is 5.79. The third kappa shape index (κ3) is 4.88. The Hall–Kier alpha value is -0.570. The summed E-state index contributed by atoms with van der Waals surface area (Å²) in [4.78, 5) is 11.4. The Labute approximate surface area is 80.8 Å². The molecule has 1 N–H and O–H groups in total. The van der Waals surface area contributed by atoms with Gasteiger partial charge in [0, 0.05) is 0 Å². The maximum Gasteiger partial charge on any atom is 0.325 e. The number of likely N-dealkylation sites (N-methyl/N-ethyl adjacent to an activating group) is 1. The van der Waals surface area contributed by atoms with Gasteiger partial charge in [-0.25, -0.2) is 0 Å². The molecule has 0 radical (unpaired) electrons. The van der Waals surface area contributed by atoms with Crippen LogP contribution in [0.4, 0.5) is 0 Å². The minimum atomic E-state index is -0.572. The molecule has 0 aromatic rings. The number of hydrogen-bond acceptors (Lipinski definition) is 3. The van der Waals surface area contributed by atoms with E-state index in [0.717, 1.165) is 6.42 Å². The summed E-state index contributed by atoms with van der Waals surface area (Å²) in [5.41, 5.74) is -0.572. The lowest BCUT2D eigenvalue weighted by atomic mass is 10.1. The van der Waals surface area contributed by atoms with E-state index in [1.165, 1.54) is 0 Å². The zero-order valence-corrected chi connectivity index (χ0v) is 9.31. The lowest BCUT2D eigenvalue weighted by Crippen LogP contribution is -2.45. The Morgan fingerprint density at radius 2 is 2.00 bits per heavy atom. The normalized spacial score (nSPS) is 11.8. The number of ether oxygens (including phenoxy) is 1. The summed E-state index contributed by atoms with van der Waals surface area (Å²) >= 11 is 0. The maximum absolute atomic E-state index is 11.4. The Morgan fingerprint density at radius 1 is 1.46 bits per heavy atom. The molecule has 0 unspecified atom stereocenters. The van der Waals surface area contributed by atoms with Crippen LogP contribution in [-0.4, -0.2) is 25.2 Å². The molecule has 0 rings (SSSR count). The van der Waals surface area contributed by atoms with Crippen LogP contribution < -0.4 is 5.32 Å². The minimum absolute atomic E-state index is 0.185. The molecule has 3 nitrogen and oxygen atoms in total. The minimum Gasteiger partial charge on any atom is -0.464 e. The van der Waals surface area contributed by atoms with Gasteiger partial charge in [0.25, 0.3) is 0 Å².